The quantitative estimate of drug-likeness (QED) is 0.820. The highest BCUT2D eigenvalue weighted by molar-refractivity contribution is 7.89. The van der Waals surface area contributed by atoms with E-state index in [1.54, 1.807) is 12.1 Å². The van der Waals surface area contributed by atoms with Gasteiger partial charge in [0.15, 0.2) is 0 Å². The van der Waals surface area contributed by atoms with Gasteiger partial charge in [-0.15, -0.1) is 0 Å². The fourth-order valence-corrected chi connectivity index (χ4v) is 3.81. The Hall–Kier alpha value is -1.42. The number of hydrogen-bond acceptors (Lipinski definition) is 4. The molecule has 0 amide bonds. The fourth-order valence-electron chi connectivity index (χ4n) is 2.07. The van der Waals surface area contributed by atoms with Gasteiger partial charge in [-0.25, -0.2) is 8.42 Å². The number of morpholine rings is 1. The second-order valence-corrected chi connectivity index (χ2v) is 6.60. The summed E-state index contributed by atoms with van der Waals surface area (Å²) in [6.07, 6.45) is -0.120. The Balaban J connectivity index is 2.38. The number of nitrogens with zero attached hydrogens (tertiary/aromatic N) is 2. The molecule has 5 nitrogen and oxygen atoms in total. The van der Waals surface area contributed by atoms with Crippen LogP contribution in [0, 0.1) is 11.3 Å². The highest BCUT2D eigenvalue weighted by atomic mass is 32.2. The third-order valence-corrected chi connectivity index (χ3v) is 5.10. The van der Waals surface area contributed by atoms with Gasteiger partial charge in [-0.1, -0.05) is 6.07 Å². The van der Waals surface area contributed by atoms with Crippen LogP contribution in [-0.2, 0) is 14.8 Å². The van der Waals surface area contributed by atoms with E-state index in [4.69, 9.17) is 10.00 Å². The van der Waals surface area contributed by atoms with Gasteiger partial charge >= 0.3 is 0 Å². The number of benzene rings is 1. The molecule has 0 unspecified atom stereocenters. The van der Waals surface area contributed by atoms with E-state index in [1.807, 2.05) is 19.9 Å². The minimum absolute atomic E-state index is 0.120. The summed E-state index contributed by atoms with van der Waals surface area (Å²) in [6.45, 7) is 4.39. The van der Waals surface area contributed by atoms with E-state index in [1.165, 1.54) is 16.4 Å². The van der Waals surface area contributed by atoms with E-state index in [2.05, 4.69) is 0 Å². The van der Waals surface area contributed by atoms with Gasteiger partial charge in [0.05, 0.1) is 29.2 Å². The van der Waals surface area contributed by atoms with E-state index in [9.17, 15) is 8.42 Å². The Morgan fingerprint density at radius 1 is 1.42 bits per heavy atom. The number of sulfonamides is 1. The van der Waals surface area contributed by atoms with Gasteiger partial charge in [0, 0.05) is 12.6 Å². The van der Waals surface area contributed by atoms with Crippen molar-refractivity contribution < 1.29 is 13.2 Å². The van der Waals surface area contributed by atoms with Crippen molar-refractivity contribution in [1.29, 1.82) is 5.26 Å². The molecule has 0 N–H and O–H groups in total. The smallest absolute Gasteiger partial charge is 0.243 e. The number of rotatable bonds is 2. The van der Waals surface area contributed by atoms with Gasteiger partial charge in [-0.2, -0.15) is 9.57 Å². The maximum absolute atomic E-state index is 12.6. The molecule has 0 bridgehead atoms. The lowest BCUT2D eigenvalue weighted by molar-refractivity contribution is -0.0170. The Labute approximate surface area is 113 Å². The van der Waals surface area contributed by atoms with Crippen molar-refractivity contribution in [2.45, 2.75) is 30.9 Å². The van der Waals surface area contributed by atoms with Crippen LogP contribution in [0.15, 0.2) is 29.2 Å². The van der Waals surface area contributed by atoms with Crippen LogP contribution in [0.25, 0.3) is 0 Å². The molecule has 0 aliphatic carbocycles. The molecule has 6 heteroatoms. The third kappa shape index (κ3) is 2.78. The van der Waals surface area contributed by atoms with Crippen LogP contribution in [0.4, 0.5) is 0 Å². The first-order chi connectivity index (χ1) is 8.95. The summed E-state index contributed by atoms with van der Waals surface area (Å²) < 4.78 is 32.0. The highest BCUT2D eigenvalue weighted by Gasteiger charge is 2.34. The fraction of sp³-hybridized carbons (Fsp3) is 0.462. The summed E-state index contributed by atoms with van der Waals surface area (Å²) in [6, 6.07) is 7.85. The molecule has 1 aliphatic heterocycles. The minimum atomic E-state index is -3.57. The number of ether oxygens (including phenoxy) is 1. The van der Waals surface area contributed by atoms with Gasteiger partial charge in [-0.05, 0) is 32.0 Å². The molecule has 1 aromatic carbocycles. The average Bonchev–Trinajstić information content (AvgIpc) is 2.41. The lowest BCUT2D eigenvalue weighted by atomic mass is 10.2. The maximum Gasteiger partial charge on any atom is 0.243 e. The monoisotopic (exact) mass is 280 g/mol. The molecular weight excluding hydrogens is 264 g/mol. The third-order valence-electron chi connectivity index (χ3n) is 3.12. The lowest BCUT2D eigenvalue weighted by Gasteiger charge is -2.35. The molecule has 0 spiro atoms. The Morgan fingerprint density at radius 2 is 2.16 bits per heavy atom. The molecule has 1 heterocycles. The van der Waals surface area contributed by atoms with Crippen molar-refractivity contribution in [2.75, 3.05) is 13.2 Å². The molecule has 2 rings (SSSR count). The van der Waals surface area contributed by atoms with E-state index in [0.717, 1.165) is 0 Å². The highest BCUT2D eigenvalue weighted by Crippen LogP contribution is 2.22. The number of hydrogen-bond donors (Lipinski definition) is 0. The molecule has 0 aromatic heterocycles. The Bertz CT molecular complexity index is 607. The summed E-state index contributed by atoms with van der Waals surface area (Å²) in [5.74, 6) is 0. The molecule has 0 radical (unpaired) electrons. The zero-order valence-electron chi connectivity index (χ0n) is 10.9. The first-order valence-corrected chi connectivity index (χ1v) is 7.53. The van der Waals surface area contributed by atoms with E-state index in [-0.39, 0.29) is 17.0 Å². The molecule has 0 saturated carbocycles. The van der Waals surface area contributed by atoms with Crippen LogP contribution in [0.5, 0.6) is 0 Å². The van der Waals surface area contributed by atoms with Crippen molar-refractivity contribution in [3.63, 3.8) is 0 Å². The molecule has 1 aliphatic rings. The van der Waals surface area contributed by atoms with Crippen LogP contribution in [0.3, 0.4) is 0 Å². The summed E-state index contributed by atoms with van der Waals surface area (Å²) in [5.41, 5.74) is 0.343. The summed E-state index contributed by atoms with van der Waals surface area (Å²) >= 11 is 0. The Kier molecular flexibility index (Phi) is 3.90. The van der Waals surface area contributed by atoms with Crippen molar-refractivity contribution >= 4 is 10.0 Å². The SMILES string of the molecule is C[C@@H]1CN(S(=O)(=O)c2cccc(C#N)c2)[C@H](C)CO1. The predicted octanol–water partition coefficient (Wildman–Crippen LogP) is 1.36. The largest absolute Gasteiger partial charge is 0.375 e. The van der Waals surface area contributed by atoms with Gasteiger partial charge in [0.1, 0.15) is 0 Å². The van der Waals surface area contributed by atoms with Crippen molar-refractivity contribution in [1.82, 2.24) is 4.31 Å². The van der Waals surface area contributed by atoms with Gasteiger partial charge < -0.3 is 4.74 Å². The molecule has 1 aromatic rings. The summed E-state index contributed by atoms with van der Waals surface area (Å²) in [7, 11) is -3.57. The van der Waals surface area contributed by atoms with Crippen molar-refractivity contribution in [2.24, 2.45) is 0 Å². The topological polar surface area (TPSA) is 70.4 Å². The van der Waals surface area contributed by atoms with Gasteiger partial charge in [-0.3, -0.25) is 0 Å². The number of nitriles is 1. The normalized spacial score (nSPS) is 24.9. The van der Waals surface area contributed by atoms with E-state index < -0.39 is 10.0 Å². The van der Waals surface area contributed by atoms with E-state index in [0.29, 0.717) is 18.7 Å². The molecule has 102 valence electrons. The van der Waals surface area contributed by atoms with E-state index >= 15 is 0 Å². The van der Waals surface area contributed by atoms with Crippen LogP contribution < -0.4 is 0 Å². The second kappa shape index (κ2) is 5.29. The molecule has 2 atom stereocenters. The standard InChI is InChI=1S/C13H16N2O3S/c1-10-9-18-11(2)8-15(10)19(16,17)13-5-3-4-12(6-13)7-14/h3-6,10-11H,8-9H2,1-2H3/t10-,11-/m1/s1. The predicted molar refractivity (Wildman–Crippen MR) is 69.9 cm³/mol. The maximum atomic E-state index is 12.6. The second-order valence-electron chi connectivity index (χ2n) is 4.71. The van der Waals surface area contributed by atoms with Crippen LogP contribution in [-0.4, -0.2) is 38.0 Å². The first-order valence-electron chi connectivity index (χ1n) is 6.09. The van der Waals surface area contributed by atoms with Gasteiger partial charge in [0.2, 0.25) is 10.0 Å². The average molecular weight is 280 g/mol. The minimum Gasteiger partial charge on any atom is -0.375 e. The van der Waals surface area contributed by atoms with Crippen LogP contribution in [0.1, 0.15) is 19.4 Å². The molecule has 19 heavy (non-hydrogen) atoms. The van der Waals surface area contributed by atoms with Crippen molar-refractivity contribution in [3.8, 4) is 6.07 Å². The van der Waals surface area contributed by atoms with Gasteiger partial charge in [0.25, 0.3) is 0 Å². The summed E-state index contributed by atoms with van der Waals surface area (Å²) in [4.78, 5) is 0.160. The first kappa shape index (κ1) is 14.0. The zero-order chi connectivity index (χ0) is 14.0. The molecular formula is C13H16N2O3S. The Morgan fingerprint density at radius 3 is 2.84 bits per heavy atom. The zero-order valence-corrected chi connectivity index (χ0v) is 11.7. The summed E-state index contributed by atoms with van der Waals surface area (Å²) in [5, 5.41) is 8.85. The lowest BCUT2D eigenvalue weighted by Crippen LogP contribution is -2.50. The van der Waals surface area contributed by atoms with Crippen molar-refractivity contribution in [3.05, 3.63) is 29.8 Å². The van der Waals surface area contributed by atoms with Crippen LogP contribution in [0.2, 0.25) is 0 Å². The van der Waals surface area contributed by atoms with Crippen LogP contribution >= 0.6 is 0 Å². The molecule has 1 saturated heterocycles. The molecule has 1 fully saturated rings.